The molecular weight excluding hydrogens is 463 g/mol. The zero-order valence-corrected chi connectivity index (χ0v) is 18.4. The van der Waals surface area contributed by atoms with Gasteiger partial charge in [0.1, 0.15) is 17.8 Å². The molecule has 0 aliphatic rings. The monoisotopic (exact) mass is 483 g/mol. The van der Waals surface area contributed by atoms with Gasteiger partial charge in [0.25, 0.3) is 0 Å². The zero-order valence-electron chi connectivity index (χ0n) is 18.4. The minimum absolute atomic E-state index is 0.301. The van der Waals surface area contributed by atoms with Gasteiger partial charge in [-0.3, -0.25) is 0 Å². The molecule has 0 unspecified atom stereocenters. The molecule has 0 saturated carbocycles. The molecule has 180 valence electrons. The van der Waals surface area contributed by atoms with Crippen LogP contribution in [0.15, 0.2) is 79.1 Å². The van der Waals surface area contributed by atoms with Gasteiger partial charge in [0.05, 0.1) is 18.5 Å². The Labute approximate surface area is 198 Å². The van der Waals surface area contributed by atoms with E-state index in [9.17, 15) is 18.0 Å². The van der Waals surface area contributed by atoms with E-state index in [-0.39, 0.29) is 11.8 Å². The fourth-order valence-electron chi connectivity index (χ4n) is 3.19. The Morgan fingerprint density at radius 2 is 1.71 bits per heavy atom. The Morgan fingerprint density at radius 1 is 1.00 bits per heavy atom. The summed E-state index contributed by atoms with van der Waals surface area (Å²) in [6, 6.07) is 19.3. The number of ether oxygens (including phenoxy) is 2. The number of benzene rings is 3. The summed E-state index contributed by atoms with van der Waals surface area (Å²) in [5, 5.41) is 9.89. The van der Waals surface area contributed by atoms with E-state index in [2.05, 4.69) is 25.5 Å². The van der Waals surface area contributed by atoms with Crippen LogP contribution in [0.2, 0.25) is 0 Å². The highest BCUT2D eigenvalue weighted by molar-refractivity contribution is 5.90. The van der Waals surface area contributed by atoms with Crippen molar-refractivity contribution < 1.29 is 27.4 Å². The number of hydrogen-bond donors (Lipinski definition) is 2. The number of methoxy groups -OCH3 is 1. The molecule has 8 nitrogen and oxygen atoms in total. The van der Waals surface area contributed by atoms with E-state index in [1.807, 2.05) is 30.3 Å². The van der Waals surface area contributed by atoms with Crippen LogP contribution in [0.1, 0.15) is 5.56 Å². The average molecular weight is 483 g/mol. The molecule has 0 atom stereocenters. The number of nitrogens with one attached hydrogen (secondary N) is 2. The number of rotatable bonds is 7. The van der Waals surface area contributed by atoms with Crippen molar-refractivity contribution in [2.45, 2.75) is 12.9 Å². The number of halogens is 3. The molecule has 2 amide bonds. The van der Waals surface area contributed by atoms with Gasteiger partial charge in [-0.05, 0) is 42.0 Å². The Kier molecular flexibility index (Phi) is 6.86. The van der Waals surface area contributed by atoms with Gasteiger partial charge in [0.2, 0.25) is 0 Å². The van der Waals surface area contributed by atoms with Gasteiger partial charge >= 0.3 is 12.4 Å². The third-order valence-electron chi connectivity index (χ3n) is 4.85. The van der Waals surface area contributed by atoms with Crippen molar-refractivity contribution in [1.29, 1.82) is 0 Å². The topological polar surface area (TPSA) is 90.3 Å². The van der Waals surface area contributed by atoms with Crippen molar-refractivity contribution in [2.75, 3.05) is 12.4 Å². The zero-order chi connectivity index (χ0) is 24.8. The van der Waals surface area contributed by atoms with Crippen molar-refractivity contribution in [1.82, 2.24) is 20.1 Å². The van der Waals surface area contributed by atoms with Gasteiger partial charge in [0.15, 0.2) is 5.82 Å². The van der Waals surface area contributed by atoms with Gasteiger partial charge < -0.3 is 20.1 Å². The molecule has 2 N–H and O–H groups in total. The minimum Gasteiger partial charge on any atom is -0.495 e. The second-order valence-electron chi connectivity index (χ2n) is 7.26. The molecule has 0 saturated heterocycles. The standard InChI is InChI=1S/C24H20F3N5O3/c1-34-21-5-3-2-4-20(21)30-23(33)28-14-16-6-8-17(9-7-16)22-29-15-32(31-22)18-10-12-19(13-11-18)35-24(25,26)27/h2-13,15H,14H2,1H3,(H2,28,30,33). The van der Waals surface area contributed by atoms with E-state index in [0.717, 1.165) is 11.1 Å². The number of carbonyl (C=O) groups is 1. The molecule has 0 spiro atoms. The summed E-state index contributed by atoms with van der Waals surface area (Å²) in [5.74, 6) is 0.681. The molecule has 0 radical (unpaired) electrons. The lowest BCUT2D eigenvalue weighted by Gasteiger charge is -2.11. The van der Waals surface area contributed by atoms with E-state index < -0.39 is 6.36 Å². The summed E-state index contributed by atoms with van der Waals surface area (Å²) < 4.78 is 47.5. The summed E-state index contributed by atoms with van der Waals surface area (Å²) in [6.07, 6.45) is -3.28. The lowest BCUT2D eigenvalue weighted by Crippen LogP contribution is -2.28. The number of alkyl halides is 3. The second kappa shape index (κ2) is 10.2. The van der Waals surface area contributed by atoms with Crippen LogP contribution in [0.4, 0.5) is 23.7 Å². The fraction of sp³-hybridized carbons (Fsp3) is 0.125. The fourth-order valence-corrected chi connectivity index (χ4v) is 3.19. The number of para-hydroxylation sites is 2. The maximum absolute atomic E-state index is 12.3. The quantitative estimate of drug-likeness (QED) is 0.379. The second-order valence-corrected chi connectivity index (χ2v) is 7.26. The van der Waals surface area contributed by atoms with Crippen LogP contribution in [-0.2, 0) is 6.54 Å². The van der Waals surface area contributed by atoms with Crippen LogP contribution in [-0.4, -0.2) is 34.3 Å². The lowest BCUT2D eigenvalue weighted by molar-refractivity contribution is -0.274. The highest BCUT2D eigenvalue weighted by Crippen LogP contribution is 2.24. The first-order valence-electron chi connectivity index (χ1n) is 10.4. The Balaban J connectivity index is 1.35. The van der Waals surface area contributed by atoms with Crippen LogP contribution in [0.25, 0.3) is 17.1 Å². The number of aromatic nitrogens is 3. The normalized spacial score (nSPS) is 11.1. The number of carbonyl (C=O) groups excluding carboxylic acids is 1. The molecule has 0 aliphatic carbocycles. The summed E-state index contributed by atoms with van der Waals surface area (Å²) in [6.45, 7) is 0.301. The number of anilines is 1. The number of urea groups is 1. The third kappa shape index (κ3) is 6.28. The Bertz CT molecular complexity index is 1290. The molecule has 4 aromatic rings. The van der Waals surface area contributed by atoms with Gasteiger partial charge in [-0.1, -0.05) is 36.4 Å². The molecule has 3 aromatic carbocycles. The largest absolute Gasteiger partial charge is 0.573 e. The smallest absolute Gasteiger partial charge is 0.495 e. The number of hydrogen-bond acceptors (Lipinski definition) is 5. The van der Waals surface area contributed by atoms with E-state index in [1.54, 1.807) is 18.2 Å². The van der Waals surface area contributed by atoms with E-state index in [0.29, 0.717) is 29.5 Å². The Morgan fingerprint density at radius 3 is 2.40 bits per heavy atom. The van der Waals surface area contributed by atoms with Crippen LogP contribution in [0.3, 0.4) is 0 Å². The van der Waals surface area contributed by atoms with Gasteiger partial charge in [-0.25, -0.2) is 14.5 Å². The molecule has 1 aromatic heterocycles. The van der Waals surface area contributed by atoms with E-state index in [1.165, 1.54) is 42.4 Å². The Hall–Kier alpha value is -4.54. The van der Waals surface area contributed by atoms with Crippen molar-refractivity contribution in [3.63, 3.8) is 0 Å². The van der Waals surface area contributed by atoms with Crippen molar-refractivity contribution >= 4 is 11.7 Å². The van der Waals surface area contributed by atoms with Crippen LogP contribution >= 0.6 is 0 Å². The van der Waals surface area contributed by atoms with Crippen LogP contribution < -0.4 is 20.1 Å². The number of amides is 2. The molecule has 0 aliphatic heterocycles. The van der Waals surface area contributed by atoms with Crippen molar-refractivity contribution in [3.8, 4) is 28.6 Å². The molecular formula is C24H20F3N5O3. The first kappa shape index (κ1) is 23.6. The van der Waals surface area contributed by atoms with Gasteiger partial charge in [-0.15, -0.1) is 18.3 Å². The van der Waals surface area contributed by atoms with E-state index in [4.69, 9.17) is 4.74 Å². The van der Waals surface area contributed by atoms with Gasteiger partial charge in [0, 0.05) is 12.1 Å². The highest BCUT2D eigenvalue weighted by Gasteiger charge is 2.31. The number of nitrogens with zero attached hydrogens (tertiary/aromatic N) is 3. The summed E-state index contributed by atoms with van der Waals surface area (Å²) >= 11 is 0. The summed E-state index contributed by atoms with van der Waals surface area (Å²) in [5.41, 5.74) is 2.69. The van der Waals surface area contributed by atoms with Crippen LogP contribution in [0.5, 0.6) is 11.5 Å². The average Bonchev–Trinajstić information content (AvgIpc) is 3.33. The highest BCUT2D eigenvalue weighted by atomic mass is 19.4. The molecule has 1 heterocycles. The first-order chi connectivity index (χ1) is 16.8. The first-order valence-corrected chi connectivity index (χ1v) is 10.4. The van der Waals surface area contributed by atoms with Gasteiger partial charge in [-0.2, -0.15) is 0 Å². The maximum atomic E-state index is 12.3. The minimum atomic E-state index is -4.75. The van der Waals surface area contributed by atoms with E-state index >= 15 is 0 Å². The SMILES string of the molecule is COc1ccccc1NC(=O)NCc1ccc(-c2ncn(-c3ccc(OC(F)(F)F)cc3)n2)cc1. The van der Waals surface area contributed by atoms with Crippen LogP contribution in [0, 0.1) is 0 Å². The van der Waals surface area contributed by atoms with Crippen molar-refractivity contribution in [2.24, 2.45) is 0 Å². The summed E-state index contributed by atoms with van der Waals surface area (Å²) in [4.78, 5) is 16.5. The predicted molar refractivity (Wildman–Crippen MR) is 122 cm³/mol. The maximum Gasteiger partial charge on any atom is 0.573 e. The summed E-state index contributed by atoms with van der Waals surface area (Å²) in [7, 11) is 1.53. The molecule has 4 rings (SSSR count). The predicted octanol–water partition coefficient (Wildman–Crippen LogP) is 5.16. The van der Waals surface area contributed by atoms with Crippen molar-refractivity contribution in [3.05, 3.63) is 84.7 Å². The lowest BCUT2D eigenvalue weighted by atomic mass is 10.1. The molecule has 0 bridgehead atoms. The molecule has 35 heavy (non-hydrogen) atoms. The third-order valence-corrected chi connectivity index (χ3v) is 4.85. The molecule has 11 heteroatoms. The molecule has 0 fully saturated rings.